The maximum absolute atomic E-state index is 12.1. The van der Waals surface area contributed by atoms with Crippen LogP contribution in [0.25, 0.3) is 0 Å². The lowest BCUT2D eigenvalue weighted by molar-refractivity contribution is -0.153. The molecule has 1 saturated heterocycles. The zero-order valence-electron chi connectivity index (χ0n) is 14.2. The number of carbonyl (C=O) groups is 3. The van der Waals surface area contributed by atoms with E-state index in [9.17, 15) is 22.8 Å². The van der Waals surface area contributed by atoms with E-state index in [2.05, 4.69) is 5.32 Å². The number of hydrogen-bond acceptors (Lipinski definition) is 6. The van der Waals surface area contributed by atoms with Crippen molar-refractivity contribution in [2.24, 2.45) is 5.92 Å². The third-order valence-electron chi connectivity index (χ3n) is 4.00. The van der Waals surface area contributed by atoms with Gasteiger partial charge in [0.05, 0.1) is 11.5 Å². The number of rotatable bonds is 6. The Morgan fingerprint density at radius 3 is 2.64 bits per heavy atom. The van der Waals surface area contributed by atoms with Crippen LogP contribution in [0.3, 0.4) is 0 Å². The molecule has 7 nitrogen and oxygen atoms in total. The highest BCUT2D eigenvalue weighted by Gasteiger charge is 2.30. The number of ether oxygens (including phenoxy) is 1. The Labute approximate surface area is 146 Å². The summed E-state index contributed by atoms with van der Waals surface area (Å²) in [6.45, 7) is 2.86. The molecular weight excluding hydrogens is 346 g/mol. The molecule has 1 aliphatic heterocycles. The van der Waals surface area contributed by atoms with Gasteiger partial charge in [0, 0.05) is 17.7 Å². The average Bonchev–Trinajstić information content (AvgIpc) is 2.85. The number of esters is 1. The van der Waals surface area contributed by atoms with Gasteiger partial charge in [-0.3, -0.25) is 14.4 Å². The SMILES string of the molecule is CC(=O)c1cccc(NC(=O)[C@H](C)OC(=O)C[C@@H]2CCS(=O)(=O)C2)c1. The molecule has 1 aliphatic rings. The van der Waals surface area contributed by atoms with Crippen LogP contribution in [0.1, 0.15) is 37.0 Å². The Hall–Kier alpha value is -2.22. The number of carbonyl (C=O) groups excluding carboxylic acids is 3. The second kappa shape index (κ2) is 7.77. The second-order valence-corrected chi connectivity index (χ2v) is 8.46. The van der Waals surface area contributed by atoms with E-state index in [4.69, 9.17) is 4.74 Å². The summed E-state index contributed by atoms with van der Waals surface area (Å²) in [5, 5.41) is 2.58. The van der Waals surface area contributed by atoms with Crippen molar-refractivity contribution in [1.29, 1.82) is 0 Å². The molecule has 1 fully saturated rings. The summed E-state index contributed by atoms with van der Waals surface area (Å²) >= 11 is 0. The van der Waals surface area contributed by atoms with Crippen molar-refractivity contribution >= 4 is 33.2 Å². The fourth-order valence-corrected chi connectivity index (χ4v) is 4.49. The monoisotopic (exact) mass is 367 g/mol. The molecule has 2 rings (SSSR count). The van der Waals surface area contributed by atoms with Crippen molar-refractivity contribution in [1.82, 2.24) is 0 Å². The number of sulfone groups is 1. The number of benzene rings is 1. The normalized spacial score (nSPS) is 19.8. The van der Waals surface area contributed by atoms with Crippen molar-refractivity contribution in [2.45, 2.75) is 32.8 Å². The lowest BCUT2D eigenvalue weighted by Crippen LogP contribution is -2.30. The van der Waals surface area contributed by atoms with Crippen LogP contribution in [-0.2, 0) is 24.2 Å². The van der Waals surface area contributed by atoms with Gasteiger partial charge >= 0.3 is 5.97 Å². The van der Waals surface area contributed by atoms with Crippen LogP contribution < -0.4 is 5.32 Å². The molecule has 136 valence electrons. The maximum Gasteiger partial charge on any atom is 0.306 e. The summed E-state index contributed by atoms with van der Waals surface area (Å²) in [4.78, 5) is 35.3. The molecular formula is C17H21NO6S. The number of hydrogen-bond donors (Lipinski definition) is 1. The van der Waals surface area contributed by atoms with Crippen LogP contribution in [0, 0.1) is 5.92 Å². The third-order valence-corrected chi connectivity index (χ3v) is 5.83. The van der Waals surface area contributed by atoms with Gasteiger partial charge in [-0.2, -0.15) is 0 Å². The number of nitrogens with one attached hydrogen (secondary N) is 1. The molecule has 0 aromatic heterocycles. The molecule has 0 unspecified atom stereocenters. The molecule has 1 amide bonds. The molecule has 0 radical (unpaired) electrons. The van der Waals surface area contributed by atoms with E-state index in [1.165, 1.54) is 19.9 Å². The molecule has 8 heteroatoms. The first-order valence-corrected chi connectivity index (χ1v) is 9.80. The Balaban J connectivity index is 1.86. The molecule has 0 spiro atoms. The van der Waals surface area contributed by atoms with E-state index in [0.29, 0.717) is 17.7 Å². The van der Waals surface area contributed by atoms with E-state index < -0.39 is 27.8 Å². The van der Waals surface area contributed by atoms with E-state index in [1.807, 2.05) is 0 Å². The zero-order valence-corrected chi connectivity index (χ0v) is 15.0. The highest BCUT2D eigenvalue weighted by atomic mass is 32.2. The summed E-state index contributed by atoms with van der Waals surface area (Å²) in [7, 11) is -3.05. The zero-order chi connectivity index (χ0) is 18.6. The Bertz CT molecular complexity index is 786. The lowest BCUT2D eigenvalue weighted by Gasteiger charge is -2.15. The van der Waals surface area contributed by atoms with Crippen LogP contribution in [0.2, 0.25) is 0 Å². The van der Waals surface area contributed by atoms with E-state index >= 15 is 0 Å². The number of anilines is 1. The smallest absolute Gasteiger partial charge is 0.306 e. The second-order valence-electron chi connectivity index (χ2n) is 6.23. The maximum atomic E-state index is 12.1. The molecule has 0 bridgehead atoms. The Kier molecular flexibility index (Phi) is 5.94. The summed E-state index contributed by atoms with van der Waals surface area (Å²) in [5.41, 5.74) is 0.896. The molecule has 2 atom stereocenters. The predicted molar refractivity (Wildman–Crippen MR) is 92.0 cm³/mol. The Morgan fingerprint density at radius 1 is 1.32 bits per heavy atom. The van der Waals surface area contributed by atoms with Crippen molar-refractivity contribution in [2.75, 3.05) is 16.8 Å². The first-order chi connectivity index (χ1) is 11.7. The van der Waals surface area contributed by atoms with Crippen molar-refractivity contribution in [3.8, 4) is 0 Å². The number of amides is 1. The van der Waals surface area contributed by atoms with Gasteiger partial charge in [0.25, 0.3) is 5.91 Å². The topological polar surface area (TPSA) is 107 Å². The van der Waals surface area contributed by atoms with Gasteiger partial charge in [-0.25, -0.2) is 8.42 Å². The molecule has 1 aromatic rings. The minimum Gasteiger partial charge on any atom is -0.453 e. The molecule has 25 heavy (non-hydrogen) atoms. The van der Waals surface area contributed by atoms with Gasteiger partial charge < -0.3 is 10.1 Å². The van der Waals surface area contributed by atoms with E-state index in [1.54, 1.807) is 18.2 Å². The summed E-state index contributed by atoms with van der Waals surface area (Å²) in [6, 6.07) is 6.45. The highest BCUT2D eigenvalue weighted by Crippen LogP contribution is 2.22. The molecule has 0 aliphatic carbocycles. The van der Waals surface area contributed by atoms with Gasteiger partial charge in [0.15, 0.2) is 21.7 Å². The van der Waals surface area contributed by atoms with E-state index in [-0.39, 0.29) is 29.6 Å². The average molecular weight is 367 g/mol. The quantitative estimate of drug-likeness (QED) is 0.604. The minimum atomic E-state index is -3.05. The van der Waals surface area contributed by atoms with Gasteiger partial charge in [0.1, 0.15) is 0 Å². The fourth-order valence-electron chi connectivity index (χ4n) is 2.63. The fraction of sp³-hybridized carbons (Fsp3) is 0.471. The van der Waals surface area contributed by atoms with Gasteiger partial charge in [-0.05, 0) is 38.3 Å². The van der Waals surface area contributed by atoms with Crippen molar-refractivity contribution in [3.63, 3.8) is 0 Å². The van der Waals surface area contributed by atoms with Gasteiger partial charge in [-0.1, -0.05) is 12.1 Å². The standard InChI is InChI=1S/C17H21NO6S/c1-11(19)14-4-3-5-15(9-14)18-17(21)12(2)24-16(20)8-13-6-7-25(22,23)10-13/h3-5,9,12-13H,6-8,10H2,1-2H3,(H,18,21)/t12-,13-/m0/s1. The first kappa shape index (κ1) is 19.1. The summed E-state index contributed by atoms with van der Waals surface area (Å²) in [6.07, 6.45) is -0.599. The lowest BCUT2D eigenvalue weighted by atomic mass is 10.1. The summed E-state index contributed by atoms with van der Waals surface area (Å²) < 4.78 is 27.9. The first-order valence-electron chi connectivity index (χ1n) is 7.98. The number of ketones is 1. The van der Waals surface area contributed by atoms with Crippen LogP contribution in [-0.4, -0.2) is 43.7 Å². The van der Waals surface area contributed by atoms with Crippen LogP contribution >= 0.6 is 0 Å². The molecule has 1 heterocycles. The van der Waals surface area contributed by atoms with Gasteiger partial charge in [0.2, 0.25) is 0 Å². The van der Waals surface area contributed by atoms with Crippen LogP contribution in [0.15, 0.2) is 24.3 Å². The largest absolute Gasteiger partial charge is 0.453 e. The molecule has 1 aromatic carbocycles. The predicted octanol–water partition coefficient (Wildman–Crippen LogP) is 1.58. The van der Waals surface area contributed by atoms with Crippen molar-refractivity contribution < 1.29 is 27.5 Å². The number of Topliss-reactive ketones (excluding diaryl/α,β-unsaturated/α-hetero) is 1. The van der Waals surface area contributed by atoms with Crippen LogP contribution in [0.5, 0.6) is 0 Å². The minimum absolute atomic E-state index is 0.0134. The van der Waals surface area contributed by atoms with Gasteiger partial charge in [-0.15, -0.1) is 0 Å². The molecule has 0 saturated carbocycles. The Morgan fingerprint density at radius 2 is 2.04 bits per heavy atom. The summed E-state index contributed by atoms with van der Waals surface area (Å²) in [5.74, 6) is -1.41. The molecule has 1 N–H and O–H groups in total. The third kappa shape index (κ3) is 5.67. The van der Waals surface area contributed by atoms with Crippen LogP contribution in [0.4, 0.5) is 5.69 Å². The highest BCUT2D eigenvalue weighted by molar-refractivity contribution is 7.91. The van der Waals surface area contributed by atoms with Crippen molar-refractivity contribution in [3.05, 3.63) is 29.8 Å². The van der Waals surface area contributed by atoms with E-state index in [0.717, 1.165) is 0 Å².